The number of benzene rings is 1. The highest BCUT2D eigenvalue weighted by Gasteiger charge is 2.36. The van der Waals surface area contributed by atoms with Gasteiger partial charge in [-0.3, -0.25) is 9.10 Å². The number of rotatable bonds is 6. The second-order valence-corrected chi connectivity index (χ2v) is 8.70. The van der Waals surface area contributed by atoms with Gasteiger partial charge in [0.15, 0.2) is 0 Å². The van der Waals surface area contributed by atoms with Crippen LogP contribution in [0.4, 0.5) is 18.9 Å². The molecular weight excluding hydrogens is 393 g/mol. The van der Waals surface area contributed by atoms with Gasteiger partial charge in [-0.1, -0.05) is 25.4 Å². The molecule has 0 saturated heterocycles. The van der Waals surface area contributed by atoms with Crippen molar-refractivity contribution in [2.75, 3.05) is 10.6 Å². The van der Waals surface area contributed by atoms with Gasteiger partial charge in [0.2, 0.25) is 15.9 Å². The predicted molar refractivity (Wildman–Crippen MR) is 95.7 cm³/mol. The number of nitrogens with zero attached hydrogens (tertiary/aromatic N) is 1. The maximum absolute atomic E-state index is 13.1. The van der Waals surface area contributed by atoms with Crippen molar-refractivity contribution in [1.29, 1.82) is 0 Å². The van der Waals surface area contributed by atoms with Gasteiger partial charge in [0.05, 0.1) is 22.5 Å². The summed E-state index contributed by atoms with van der Waals surface area (Å²) in [4.78, 5) is 12.4. The molecule has 2 atom stereocenters. The summed E-state index contributed by atoms with van der Waals surface area (Å²) in [6, 6.07) is 1.24. The molecule has 10 heteroatoms. The topological polar surface area (TPSA) is 66.5 Å². The van der Waals surface area contributed by atoms with Crippen LogP contribution >= 0.6 is 11.6 Å². The number of anilines is 1. The van der Waals surface area contributed by atoms with Gasteiger partial charge in [0.25, 0.3) is 0 Å². The van der Waals surface area contributed by atoms with E-state index >= 15 is 0 Å². The van der Waals surface area contributed by atoms with Crippen molar-refractivity contribution in [2.24, 2.45) is 5.92 Å². The molecule has 0 aliphatic carbocycles. The first-order valence-electron chi connectivity index (χ1n) is 7.82. The molecule has 0 aromatic heterocycles. The number of nitrogens with one attached hydrogen (secondary N) is 1. The summed E-state index contributed by atoms with van der Waals surface area (Å²) in [5.74, 6) is -0.509. The van der Waals surface area contributed by atoms with E-state index in [2.05, 4.69) is 5.32 Å². The number of alkyl halides is 3. The zero-order chi connectivity index (χ0) is 20.4. The third-order valence-electron chi connectivity index (χ3n) is 3.97. The minimum atomic E-state index is -4.76. The molecule has 0 fully saturated rings. The van der Waals surface area contributed by atoms with Gasteiger partial charge < -0.3 is 5.32 Å². The molecule has 1 N–H and O–H groups in total. The molecule has 0 spiro atoms. The van der Waals surface area contributed by atoms with E-state index in [1.165, 1.54) is 6.92 Å². The summed E-state index contributed by atoms with van der Waals surface area (Å²) in [7, 11) is -4.03. The van der Waals surface area contributed by atoms with Crippen LogP contribution in [0.3, 0.4) is 0 Å². The second-order valence-electron chi connectivity index (χ2n) is 6.44. The molecule has 1 aromatic carbocycles. The van der Waals surface area contributed by atoms with E-state index in [9.17, 15) is 26.4 Å². The molecule has 0 saturated carbocycles. The van der Waals surface area contributed by atoms with Crippen molar-refractivity contribution in [3.05, 3.63) is 28.8 Å². The molecule has 0 aliphatic rings. The molecule has 0 heterocycles. The van der Waals surface area contributed by atoms with Gasteiger partial charge in [-0.25, -0.2) is 8.42 Å². The normalized spacial score (nSPS) is 14.8. The SMILES string of the molecule is CC(C)[C@H](C)NC(=O)[C@H](C)N(c1ccc(Cl)c(C(F)(F)F)c1)S(C)(=O)=O. The Labute approximate surface area is 156 Å². The monoisotopic (exact) mass is 414 g/mol. The molecule has 0 unspecified atom stereocenters. The smallest absolute Gasteiger partial charge is 0.352 e. The fourth-order valence-electron chi connectivity index (χ4n) is 2.19. The first kappa shape index (κ1) is 22.6. The number of amides is 1. The Morgan fingerprint density at radius 1 is 1.19 bits per heavy atom. The molecule has 0 aliphatic heterocycles. The number of sulfonamides is 1. The van der Waals surface area contributed by atoms with Gasteiger partial charge in [-0.05, 0) is 38.0 Å². The molecule has 0 radical (unpaired) electrons. The summed E-state index contributed by atoms with van der Waals surface area (Å²) in [5, 5.41) is 2.11. The van der Waals surface area contributed by atoms with Gasteiger partial charge >= 0.3 is 6.18 Å². The number of carbonyl (C=O) groups excluding carboxylic acids is 1. The van der Waals surface area contributed by atoms with E-state index in [-0.39, 0.29) is 17.6 Å². The minimum absolute atomic E-state index is 0.102. The van der Waals surface area contributed by atoms with Gasteiger partial charge in [0.1, 0.15) is 6.04 Å². The highest BCUT2D eigenvalue weighted by Crippen LogP contribution is 2.37. The van der Waals surface area contributed by atoms with Crippen LogP contribution in [0.25, 0.3) is 0 Å². The molecule has 148 valence electrons. The van der Waals surface area contributed by atoms with Crippen molar-refractivity contribution in [2.45, 2.75) is 46.0 Å². The lowest BCUT2D eigenvalue weighted by Gasteiger charge is -2.30. The Morgan fingerprint density at radius 2 is 1.73 bits per heavy atom. The fraction of sp³-hybridized carbons (Fsp3) is 0.562. The lowest BCUT2D eigenvalue weighted by atomic mass is 10.1. The van der Waals surface area contributed by atoms with Crippen LogP contribution in [0.15, 0.2) is 18.2 Å². The Hall–Kier alpha value is -1.48. The minimum Gasteiger partial charge on any atom is -0.352 e. The molecule has 1 aromatic rings. The van der Waals surface area contributed by atoms with Crippen molar-refractivity contribution < 1.29 is 26.4 Å². The molecular formula is C16H22ClF3N2O3S. The predicted octanol–water partition coefficient (Wildman–Crippen LogP) is 3.67. The summed E-state index contributed by atoms with van der Waals surface area (Å²) in [6.45, 7) is 6.81. The van der Waals surface area contributed by atoms with Crippen LogP contribution in [0.1, 0.15) is 33.3 Å². The quantitative estimate of drug-likeness (QED) is 0.772. The van der Waals surface area contributed by atoms with Gasteiger partial charge in [-0.15, -0.1) is 0 Å². The Morgan fingerprint density at radius 3 is 2.15 bits per heavy atom. The zero-order valence-corrected chi connectivity index (χ0v) is 16.6. The van der Waals surface area contributed by atoms with Crippen molar-refractivity contribution in [3.63, 3.8) is 0 Å². The van der Waals surface area contributed by atoms with Crippen LogP contribution in [-0.2, 0) is 21.0 Å². The van der Waals surface area contributed by atoms with E-state index in [1.807, 2.05) is 13.8 Å². The number of hydrogen-bond donors (Lipinski definition) is 1. The fourth-order valence-corrected chi connectivity index (χ4v) is 3.58. The number of hydrogen-bond acceptors (Lipinski definition) is 3. The Kier molecular flexibility index (Phi) is 6.98. The standard InChI is InChI=1S/C16H22ClF3N2O3S/c1-9(2)10(3)21-15(23)11(4)22(26(5,24)25)12-6-7-14(17)13(8-12)16(18,19)20/h6-11H,1-5H3,(H,21,23)/t10-,11-/m0/s1. The van der Waals surface area contributed by atoms with Crippen molar-refractivity contribution in [3.8, 4) is 0 Å². The summed E-state index contributed by atoms with van der Waals surface area (Å²) >= 11 is 5.58. The molecule has 26 heavy (non-hydrogen) atoms. The average Bonchev–Trinajstić information content (AvgIpc) is 2.46. The van der Waals surface area contributed by atoms with E-state index in [0.717, 1.165) is 18.4 Å². The van der Waals surface area contributed by atoms with Crippen LogP contribution in [0, 0.1) is 5.92 Å². The Balaban J connectivity index is 3.35. The molecule has 0 bridgehead atoms. The largest absolute Gasteiger partial charge is 0.417 e. The van der Waals surface area contributed by atoms with Crippen LogP contribution < -0.4 is 9.62 Å². The lowest BCUT2D eigenvalue weighted by molar-refractivity contribution is -0.137. The van der Waals surface area contributed by atoms with E-state index in [4.69, 9.17) is 11.6 Å². The second kappa shape index (κ2) is 8.04. The first-order valence-corrected chi connectivity index (χ1v) is 10.1. The third-order valence-corrected chi connectivity index (χ3v) is 5.54. The maximum atomic E-state index is 13.1. The first-order chi connectivity index (χ1) is 11.7. The number of carbonyl (C=O) groups is 1. The van der Waals surface area contributed by atoms with Crippen molar-refractivity contribution >= 4 is 33.2 Å². The Bertz CT molecular complexity index is 766. The zero-order valence-electron chi connectivity index (χ0n) is 15.1. The van der Waals surface area contributed by atoms with Crippen LogP contribution in [-0.4, -0.2) is 32.7 Å². The lowest BCUT2D eigenvalue weighted by Crippen LogP contribution is -2.50. The summed E-state index contributed by atoms with van der Waals surface area (Å²) in [5.41, 5.74) is -1.46. The summed E-state index contributed by atoms with van der Waals surface area (Å²) < 4.78 is 64.2. The third kappa shape index (κ3) is 5.51. The van der Waals surface area contributed by atoms with Gasteiger partial charge in [-0.2, -0.15) is 13.2 Å². The molecule has 5 nitrogen and oxygen atoms in total. The maximum Gasteiger partial charge on any atom is 0.417 e. The molecule has 1 amide bonds. The van der Waals surface area contributed by atoms with E-state index in [1.54, 1.807) is 6.92 Å². The van der Waals surface area contributed by atoms with Gasteiger partial charge in [0, 0.05) is 6.04 Å². The van der Waals surface area contributed by atoms with E-state index in [0.29, 0.717) is 10.4 Å². The highest BCUT2D eigenvalue weighted by atomic mass is 35.5. The number of halogens is 4. The average molecular weight is 415 g/mol. The highest BCUT2D eigenvalue weighted by molar-refractivity contribution is 7.92. The van der Waals surface area contributed by atoms with Crippen LogP contribution in [0.5, 0.6) is 0 Å². The summed E-state index contributed by atoms with van der Waals surface area (Å²) in [6.07, 6.45) is -3.93. The van der Waals surface area contributed by atoms with Crippen molar-refractivity contribution in [1.82, 2.24) is 5.32 Å². The van der Waals surface area contributed by atoms with E-state index < -0.39 is 38.7 Å². The van der Waals surface area contributed by atoms with Crippen LogP contribution in [0.2, 0.25) is 5.02 Å². The molecule has 1 rings (SSSR count).